The largest absolute Gasteiger partial charge is 0.474 e. The lowest BCUT2D eigenvalue weighted by atomic mass is 10.3. The van der Waals surface area contributed by atoms with Crippen LogP contribution in [-0.2, 0) is 4.57 Å². The van der Waals surface area contributed by atoms with Crippen LogP contribution in [0.2, 0.25) is 0 Å². The molecule has 5 heteroatoms. The van der Waals surface area contributed by atoms with E-state index in [-0.39, 0.29) is 6.16 Å². The second kappa shape index (κ2) is 8.97. The molecule has 1 unspecified atom stereocenters. The molecule has 0 bridgehead atoms. The van der Waals surface area contributed by atoms with Gasteiger partial charge in [-0.1, -0.05) is 25.8 Å². The Morgan fingerprint density at radius 2 is 1.93 bits per heavy atom. The molecule has 0 aliphatic heterocycles. The molecule has 14 heavy (non-hydrogen) atoms. The molecule has 0 radical (unpaired) electrons. The number of carboxylic acid groups (broad SMARTS) is 1. The summed E-state index contributed by atoms with van der Waals surface area (Å²) >= 11 is 0. The SMILES string of the molecule is C=CC.CCCCCP(=O)(O)C(=O)O. The standard InChI is InChI=1S/C6H13O4P.C3H6/c1-2-3-4-5-11(9,10)6(7)8;1-3-2/h2-5H2,1H3,(H,7,8)(H,9,10);3H,1H2,2H3. The van der Waals surface area contributed by atoms with E-state index in [2.05, 4.69) is 6.58 Å². The molecule has 0 aromatic carbocycles. The predicted octanol–water partition coefficient (Wildman–Crippen LogP) is 3.32. The summed E-state index contributed by atoms with van der Waals surface area (Å²) in [5.41, 5.74) is -1.58. The fourth-order valence-corrected chi connectivity index (χ4v) is 1.52. The molecule has 0 rings (SSSR count). The van der Waals surface area contributed by atoms with Crippen LogP contribution in [0.4, 0.5) is 4.79 Å². The van der Waals surface area contributed by atoms with Gasteiger partial charge in [0.15, 0.2) is 0 Å². The fourth-order valence-electron chi connectivity index (χ4n) is 0.672. The smallest absolute Gasteiger partial charge is 0.388 e. The average molecular weight is 222 g/mol. The molecule has 0 aliphatic carbocycles. The molecule has 0 amide bonds. The first-order valence-corrected chi connectivity index (χ1v) is 6.39. The molecule has 0 saturated heterocycles. The molecule has 0 aliphatic rings. The van der Waals surface area contributed by atoms with Crippen LogP contribution in [0.25, 0.3) is 0 Å². The molecule has 0 heterocycles. The molecule has 0 aromatic rings. The maximum Gasteiger partial charge on any atom is 0.388 e. The van der Waals surface area contributed by atoms with Gasteiger partial charge in [0.2, 0.25) is 0 Å². The van der Waals surface area contributed by atoms with E-state index in [1.54, 1.807) is 6.08 Å². The zero-order chi connectivity index (χ0) is 11.6. The highest BCUT2D eigenvalue weighted by molar-refractivity contribution is 7.74. The van der Waals surface area contributed by atoms with E-state index in [0.29, 0.717) is 6.42 Å². The van der Waals surface area contributed by atoms with E-state index < -0.39 is 13.1 Å². The normalized spacial score (nSPS) is 13.4. The molecular weight excluding hydrogens is 203 g/mol. The van der Waals surface area contributed by atoms with Crippen LogP contribution in [0.15, 0.2) is 12.7 Å². The van der Waals surface area contributed by atoms with Gasteiger partial charge in [0, 0.05) is 6.16 Å². The first-order valence-electron chi connectivity index (χ1n) is 4.54. The monoisotopic (exact) mass is 222 g/mol. The van der Waals surface area contributed by atoms with Crippen molar-refractivity contribution in [2.45, 2.75) is 33.1 Å². The maximum atomic E-state index is 10.7. The van der Waals surface area contributed by atoms with Crippen molar-refractivity contribution in [3.8, 4) is 0 Å². The van der Waals surface area contributed by atoms with Gasteiger partial charge >= 0.3 is 13.1 Å². The lowest BCUT2D eigenvalue weighted by Crippen LogP contribution is -1.99. The van der Waals surface area contributed by atoms with Crippen LogP contribution in [0.3, 0.4) is 0 Å². The number of hydrogen-bond donors (Lipinski definition) is 2. The number of unbranched alkanes of at least 4 members (excludes halogenated alkanes) is 2. The van der Waals surface area contributed by atoms with Crippen LogP contribution in [0, 0.1) is 0 Å². The first kappa shape index (κ1) is 15.9. The summed E-state index contributed by atoms with van der Waals surface area (Å²) in [6.45, 7) is 7.20. The van der Waals surface area contributed by atoms with Gasteiger partial charge < -0.3 is 10.00 Å². The van der Waals surface area contributed by atoms with Gasteiger partial charge in [0.1, 0.15) is 0 Å². The van der Waals surface area contributed by atoms with Gasteiger partial charge in [-0.3, -0.25) is 4.57 Å². The van der Waals surface area contributed by atoms with E-state index in [1.807, 2.05) is 13.8 Å². The van der Waals surface area contributed by atoms with Crippen molar-refractivity contribution >= 4 is 13.1 Å². The number of allylic oxidation sites excluding steroid dienone is 1. The zero-order valence-electron chi connectivity index (χ0n) is 8.77. The van der Waals surface area contributed by atoms with E-state index in [0.717, 1.165) is 12.8 Å². The third-order valence-corrected chi connectivity index (χ3v) is 2.88. The van der Waals surface area contributed by atoms with Crippen LogP contribution in [0.5, 0.6) is 0 Å². The Kier molecular flexibility index (Phi) is 10.2. The van der Waals surface area contributed by atoms with Crippen molar-refractivity contribution in [3.05, 3.63) is 12.7 Å². The van der Waals surface area contributed by atoms with Crippen molar-refractivity contribution in [2.75, 3.05) is 6.16 Å². The van der Waals surface area contributed by atoms with Gasteiger partial charge in [-0.05, 0) is 13.3 Å². The second-order valence-corrected chi connectivity index (χ2v) is 5.06. The van der Waals surface area contributed by atoms with Crippen molar-refractivity contribution in [2.24, 2.45) is 0 Å². The van der Waals surface area contributed by atoms with Gasteiger partial charge in [-0.25, -0.2) is 4.79 Å². The Morgan fingerprint density at radius 1 is 1.50 bits per heavy atom. The average Bonchev–Trinajstić information content (AvgIpc) is 2.05. The molecule has 0 spiro atoms. The third-order valence-electron chi connectivity index (χ3n) is 1.36. The molecule has 0 fully saturated rings. The molecule has 0 aromatic heterocycles. The van der Waals surface area contributed by atoms with Gasteiger partial charge in [-0.2, -0.15) is 0 Å². The number of carbonyl (C=O) groups is 1. The van der Waals surface area contributed by atoms with Gasteiger partial charge in [0.05, 0.1) is 0 Å². The Bertz CT molecular complexity index is 213. The summed E-state index contributed by atoms with van der Waals surface area (Å²) in [7, 11) is -3.88. The highest BCUT2D eigenvalue weighted by atomic mass is 31.2. The summed E-state index contributed by atoms with van der Waals surface area (Å²) in [6, 6.07) is 0. The van der Waals surface area contributed by atoms with Crippen LogP contribution in [-0.4, -0.2) is 21.9 Å². The molecule has 84 valence electrons. The maximum absolute atomic E-state index is 10.7. The summed E-state index contributed by atoms with van der Waals surface area (Å²) in [6.07, 6.45) is 3.88. The van der Waals surface area contributed by atoms with Crippen LogP contribution in [0.1, 0.15) is 33.1 Å². The molecule has 0 saturated carbocycles. The summed E-state index contributed by atoms with van der Waals surface area (Å²) in [5, 5.41) is 8.23. The van der Waals surface area contributed by atoms with Crippen molar-refractivity contribution in [3.63, 3.8) is 0 Å². The Morgan fingerprint density at radius 3 is 2.21 bits per heavy atom. The van der Waals surface area contributed by atoms with E-state index in [4.69, 9.17) is 10.00 Å². The first-order chi connectivity index (χ1) is 6.42. The van der Waals surface area contributed by atoms with Crippen molar-refractivity contribution in [1.29, 1.82) is 0 Å². The van der Waals surface area contributed by atoms with E-state index in [1.165, 1.54) is 0 Å². The fraction of sp³-hybridized carbons (Fsp3) is 0.667. The Hall–Kier alpha value is -0.600. The predicted molar refractivity (Wildman–Crippen MR) is 58.1 cm³/mol. The zero-order valence-corrected chi connectivity index (χ0v) is 9.67. The summed E-state index contributed by atoms with van der Waals surface area (Å²) in [5.74, 6) is 0. The molecule has 1 atom stereocenters. The lowest BCUT2D eigenvalue weighted by molar-refractivity contribution is 0.215. The van der Waals surface area contributed by atoms with Crippen LogP contribution < -0.4 is 0 Å². The number of hydrogen-bond acceptors (Lipinski definition) is 2. The minimum Gasteiger partial charge on any atom is -0.474 e. The van der Waals surface area contributed by atoms with Gasteiger partial charge in [-0.15, -0.1) is 6.58 Å². The highest BCUT2D eigenvalue weighted by Gasteiger charge is 2.26. The second-order valence-electron chi connectivity index (χ2n) is 2.82. The highest BCUT2D eigenvalue weighted by Crippen LogP contribution is 2.41. The minimum absolute atomic E-state index is 0.101. The van der Waals surface area contributed by atoms with Gasteiger partial charge in [0.25, 0.3) is 0 Å². The third kappa shape index (κ3) is 9.49. The Balaban J connectivity index is 0. The minimum atomic E-state index is -3.88. The number of rotatable bonds is 5. The summed E-state index contributed by atoms with van der Waals surface area (Å²) < 4.78 is 10.7. The molecule has 2 N–H and O–H groups in total. The van der Waals surface area contributed by atoms with E-state index in [9.17, 15) is 9.36 Å². The van der Waals surface area contributed by atoms with Crippen LogP contribution >= 0.6 is 7.37 Å². The van der Waals surface area contributed by atoms with E-state index >= 15 is 0 Å². The lowest BCUT2D eigenvalue weighted by Gasteiger charge is -2.03. The molecule has 4 nitrogen and oxygen atoms in total. The molecular formula is C9H19O4P. The van der Waals surface area contributed by atoms with Crippen molar-refractivity contribution in [1.82, 2.24) is 0 Å². The summed E-state index contributed by atoms with van der Waals surface area (Å²) in [4.78, 5) is 18.9. The quantitative estimate of drug-likeness (QED) is 0.425. The Labute approximate surface area is 85.1 Å². The topological polar surface area (TPSA) is 74.6 Å². The van der Waals surface area contributed by atoms with Crippen molar-refractivity contribution < 1.29 is 19.4 Å².